The third kappa shape index (κ3) is 7.25. The molecular weight excluding hydrogens is 562 g/mol. The van der Waals surface area contributed by atoms with Crippen molar-refractivity contribution in [3.8, 4) is 22.6 Å². The highest BCUT2D eigenvalue weighted by Crippen LogP contribution is 2.39. The monoisotopic (exact) mass is 596 g/mol. The van der Waals surface area contributed by atoms with Gasteiger partial charge in [-0.2, -0.15) is 8.78 Å². The second-order valence-corrected chi connectivity index (χ2v) is 10.4. The van der Waals surface area contributed by atoms with Gasteiger partial charge in [0.05, 0.1) is 18.2 Å². The van der Waals surface area contributed by atoms with Crippen LogP contribution in [-0.4, -0.2) is 55.2 Å². The first-order valence-electron chi connectivity index (χ1n) is 14.0. The summed E-state index contributed by atoms with van der Waals surface area (Å²) in [7, 11) is 0. The number of halogens is 2. The molecule has 0 radical (unpaired) electrons. The maximum atomic E-state index is 13.0. The molecule has 0 spiro atoms. The first-order chi connectivity index (χ1) is 20.7. The summed E-state index contributed by atoms with van der Waals surface area (Å²) in [6.07, 6.45) is 7.91. The molecule has 0 saturated heterocycles. The van der Waals surface area contributed by atoms with Crippen molar-refractivity contribution >= 4 is 18.1 Å². The van der Waals surface area contributed by atoms with Crippen molar-refractivity contribution in [1.29, 1.82) is 0 Å². The normalized spacial score (nSPS) is 18.1. The van der Waals surface area contributed by atoms with Gasteiger partial charge in [-0.25, -0.2) is 15.0 Å². The van der Waals surface area contributed by atoms with Crippen LogP contribution in [0.25, 0.3) is 16.8 Å². The molecule has 1 aliphatic rings. The summed E-state index contributed by atoms with van der Waals surface area (Å²) in [6, 6.07) is 8.62. The Morgan fingerprint density at radius 2 is 1.88 bits per heavy atom. The molecule has 1 fully saturated rings. The molecule has 12 heteroatoms. The number of imidazole rings is 1. The molecule has 2 N–H and O–H groups in total. The van der Waals surface area contributed by atoms with Crippen molar-refractivity contribution in [1.82, 2.24) is 19.4 Å². The van der Waals surface area contributed by atoms with E-state index in [0.717, 1.165) is 35.4 Å². The number of carboxylic acids is 1. The summed E-state index contributed by atoms with van der Waals surface area (Å²) in [5.74, 6) is 0.609. The van der Waals surface area contributed by atoms with E-state index in [9.17, 15) is 18.7 Å². The van der Waals surface area contributed by atoms with E-state index in [1.54, 1.807) is 30.6 Å². The second kappa shape index (κ2) is 14.0. The van der Waals surface area contributed by atoms with Crippen LogP contribution in [0, 0.1) is 18.8 Å². The van der Waals surface area contributed by atoms with E-state index in [4.69, 9.17) is 24.4 Å². The van der Waals surface area contributed by atoms with Gasteiger partial charge in [-0.05, 0) is 45.1 Å². The molecule has 4 aromatic rings. The zero-order valence-corrected chi connectivity index (χ0v) is 24.1. The summed E-state index contributed by atoms with van der Waals surface area (Å²) in [4.78, 5) is 33.9. The Kier molecular flexibility index (Phi) is 10.2. The number of carbonyl (C=O) groups is 2. The number of carboxylic acid groups (broad SMARTS) is 2. The van der Waals surface area contributed by atoms with Crippen LogP contribution in [0.3, 0.4) is 0 Å². The van der Waals surface area contributed by atoms with Crippen molar-refractivity contribution < 1.29 is 38.1 Å². The van der Waals surface area contributed by atoms with Crippen LogP contribution in [0.5, 0.6) is 11.5 Å². The van der Waals surface area contributed by atoms with Gasteiger partial charge in [0, 0.05) is 59.4 Å². The third-order valence-electron chi connectivity index (χ3n) is 7.70. The molecule has 3 aromatic heterocycles. The number of benzene rings is 1. The average molecular weight is 597 g/mol. The van der Waals surface area contributed by atoms with E-state index in [0.29, 0.717) is 42.2 Å². The van der Waals surface area contributed by atoms with Gasteiger partial charge in [0.2, 0.25) is 0 Å². The number of pyridine rings is 1. The number of hydrogen-bond donors (Lipinski definition) is 2. The minimum atomic E-state index is -2.91. The molecule has 10 nitrogen and oxygen atoms in total. The largest absolute Gasteiger partial charge is 0.493 e. The zero-order chi connectivity index (χ0) is 31.1. The molecule has 5 rings (SSSR count). The van der Waals surface area contributed by atoms with Gasteiger partial charge in [0.1, 0.15) is 23.0 Å². The Hall–Kier alpha value is -4.61. The number of aryl methyl sites for hydroxylation is 1. The van der Waals surface area contributed by atoms with E-state index in [1.807, 2.05) is 37.4 Å². The van der Waals surface area contributed by atoms with Crippen LogP contribution < -0.4 is 9.47 Å². The lowest BCUT2D eigenvalue weighted by atomic mass is 9.74. The summed E-state index contributed by atoms with van der Waals surface area (Å²) < 4.78 is 38.6. The summed E-state index contributed by atoms with van der Waals surface area (Å²) in [5, 5.41) is 16.3. The number of alkyl halides is 2. The molecular formula is C31H34F2N4O6. The zero-order valence-electron chi connectivity index (χ0n) is 24.1. The topological polar surface area (TPSA) is 136 Å². The number of aliphatic carboxylic acids is 1. The van der Waals surface area contributed by atoms with Crippen LogP contribution >= 0.6 is 0 Å². The Bertz CT molecular complexity index is 1560. The SMILES string of the molecule is CCOc1cc2nc(C)c(Cc3ccccc3OC(F)F)n2cc1-c1cnc(C2CCC(C(=O)O)C(C)C2)nc1.O=CO. The molecule has 228 valence electrons. The van der Waals surface area contributed by atoms with Crippen molar-refractivity contribution in [2.75, 3.05) is 6.61 Å². The Labute approximate surface area is 247 Å². The number of fused-ring (bicyclic) bond motifs is 1. The number of para-hydroxylation sites is 1. The second-order valence-electron chi connectivity index (χ2n) is 10.4. The van der Waals surface area contributed by atoms with E-state index >= 15 is 0 Å². The van der Waals surface area contributed by atoms with Gasteiger partial charge in [0.25, 0.3) is 6.47 Å². The van der Waals surface area contributed by atoms with Crippen LogP contribution in [0.15, 0.2) is 48.9 Å². The van der Waals surface area contributed by atoms with E-state index < -0.39 is 12.6 Å². The molecule has 0 aliphatic heterocycles. The van der Waals surface area contributed by atoms with Crippen molar-refractivity contribution in [2.24, 2.45) is 11.8 Å². The molecule has 0 amide bonds. The molecule has 0 bridgehead atoms. The van der Waals surface area contributed by atoms with Crippen molar-refractivity contribution in [3.63, 3.8) is 0 Å². The van der Waals surface area contributed by atoms with Gasteiger partial charge >= 0.3 is 12.6 Å². The number of nitrogens with zero attached hydrogens (tertiary/aromatic N) is 4. The van der Waals surface area contributed by atoms with Gasteiger partial charge < -0.3 is 24.1 Å². The van der Waals surface area contributed by atoms with Crippen LogP contribution in [0.1, 0.15) is 61.8 Å². The minimum Gasteiger partial charge on any atom is -0.493 e. The highest BCUT2D eigenvalue weighted by molar-refractivity contribution is 5.72. The lowest BCUT2D eigenvalue weighted by Gasteiger charge is -2.30. The molecule has 1 aromatic carbocycles. The maximum absolute atomic E-state index is 13.0. The van der Waals surface area contributed by atoms with Gasteiger partial charge in [0.15, 0.2) is 0 Å². The van der Waals surface area contributed by atoms with E-state index in [-0.39, 0.29) is 30.0 Å². The number of aromatic nitrogens is 4. The van der Waals surface area contributed by atoms with Crippen LogP contribution in [0.2, 0.25) is 0 Å². The first kappa shape index (κ1) is 31.3. The van der Waals surface area contributed by atoms with Gasteiger partial charge in [-0.1, -0.05) is 25.1 Å². The van der Waals surface area contributed by atoms with Crippen molar-refractivity contribution in [2.45, 2.75) is 59.0 Å². The quantitative estimate of drug-likeness (QED) is 0.223. The van der Waals surface area contributed by atoms with Gasteiger partial charge in [-0.3, -0.25) is 9.59 Å². The number of ether oxygens (including phenoxy) is 2. The first-order valence-corrected chi connectivity index (χ1v) is 14.0. The smallest absolute Gasteiger partial charge is 0.387 e. The number of hydrogen-bond acceptors (Lipinski definition) is 7. The predicted molar refractivity (Wildman–Crippen MR) is 154 cm³/mol. The molecule has 43 heavy (non-hydrogen) atoms. The third-order valence-corrected chi connectivity index (χ3v) is 7.70. The molecule has 1 aliphatic carbocycles. The highest BCUT2D eigenvalue weighted by atomic mass is 19.3. The van der Waals surface area contributed by atoms with Crippen LogP contribution in [-0.2, 0) is 16.0 Å². The summed E-state index contributed by atoms with van der Waals surface area (Å²) in [5.41, 5.74) is 4.45. The Morgan fingerprint density at radius 3 is 2.51 bits per heavy atom. The fourth-order valence-electron chi connectivity index (χ4n) is 5.67. The standard InChI is InChI=1S/C30H32F2N4O4.CH2O2/c1-4-39-26-13-27-35-18(3)24(12-19-7-5-6-8-25(19)40-30(31)32)36(27)16-23(26)21-14-33-28(34-15-21)20-9-10-22(29(37)38)17(2)11-20;2-1-3/h5-8,13-17,20,22,30H,4,9-12H2,1-3H3,(H,37,38);1H,(H,2,3). The fraction of sp³-hybridized carbons (Fsp3) is 0.387. The lowest BCUT2D eigenvalue weighted by molar-refractivity contribution is -0.144. The lowest BCUT2D eigenvalue weighted by Crippen LogP contribution is -2.28. The Morgan fingerprint density at radius 1 is 1.19 bits per heavy atom. The minimum absolute atomic E-state index is 0.0608. The van der Waals surface area contributed by atoms with E-state index in [2.05, 4.69) is 9.97 Å². The fourth-order valence-corrected chi connectivity index (χ4v) is 5.67. The van der Waals surface area contributed by atoms with E-state index in [1.165, 1.54) is 6.07 Å². The molecule has 1 saturated carbocycles. The Balaban J connectivity index is 0.00000135. The van der Waals surface area contributed by atoms with Gasteiger partial charge in [-0.15, -0.1) is 0 Å². The highest BCUT2D eigenvalue weighted by Gasteiger charge is 2.34. The summed E-state index contributed by atoms with van der Waals surface area (Å²) in [6.45, 7) is 3.06. The average Bonchev–Trinajstić information content (AvgIpc) is 3.27. The summed E-state index contributed by atoms with van der Waals surface area (Å²) >= 11 is 0. The maximum Gasteiger partial charge on any atom is 0.387 e. The van der Waals surface area contributed by atoms with Crippen LogP contribution in [0.4, 0.5) is 8.78 Å². The number of rotatable bonds is 9. The molecule has 3 atom stereocenters. The molecule has 3 unspecified atom stereocenters. The van der Waals surface area contributed by atoms with Crippen molar-refractivity contribution in [3.05, 3.63) is 71.7 Å². The predicted octanol–water partition coefficient (Wildman–Crippen LogP) is 6.00. The molecule has 3 heterocycles.